The molecule has 0 bridgehead atoms. The molecule has 0 amide bonds. The number of aromatic nitrogens is 1. The van der Waals surface area contributed by atoms with Crippen LogP contribution in [-0.4, -0.2) is 4.98 Å². The van der Waals surface area contributed by atoms with Gasteiger partial charge in [0.1, 0.15) is 0 Å². The van der Waals surface area contributed by atoms with Crippen LogP contribution in [0.3, 0.4) is 0 Å². The standard InChI is InChI=1S/C9H7F3N2S/c1-4-2-5(9(10,11)12)7-6(3-4)15-8(13)14-7/h2-3H,1H3,(H2,13,14). The average Bonchev–Trinajstić information content (AvgIpc) is 2.41. The normalized spacial score (nSPS) is 12.3. The van der Waals surface area contributed by atoms with Gasteiger partial charge in [-0.25, -0.2) is 4.98 Å². The Morgan fingerprint density at radius 3 is 2.60 bits per heavy atom. The van der Waals surface area contributed by atoms with E-state index in [4.69, 9.17) is 5.73 Å². The van der Waals surface area contributed by atoms with Crippen molar-refractivity contribution in [2.75, 3.05) is 5.73 Å². The molecule has 6 heteroatoms. The molecule has 15 heavy (non-hydrogen) atoms. The molecule has 2 N–H and O–H groups in total. The van der Waals surface area contributed by atoms with Crippen LogP contribution in [0, 0.1) is 6.92 Å². The van der Waals surface area contributed by atoms with Crippen LogP contribution in [0.5, 0.6) is 0 Å². The lowest BCUT2D eigenvalue weighted by atomic mass is 10.1. The van der Waals surface area contributed by atoms with Crippen LogP contribution < -0.4 is 5.73 Å². The van der Waals surface area contributed by atoms with Crippen molar-refractivity contribution >= 4 is 26.7 Å². The van der Waals surface area contributed by atoms with Crippen molar-refractivity contribution in [2.24, 2.45) is 0 Å². The van der Waals surface area contributed by atoms with E-state index >= 15 is 0 Å². The zero-order valence-electron chi connectivity index (χ0n) is 7.72. The number of fused-ring (bicyclic) bond motifs is 1. The molecule has 1 aromatic heterocycles. The Morgan fingerprint density at radius 1 is 1.33 bits per heavy atom. The van der Waals surface area contributed by atoms with Crippen molar-refractivity contribution in [3.8, 4) is 0 Å². The fraction of sp³-hybridized carbons (Fsp3) is 0.222. The van der Waals surface area contributed by atoms with Gasteiger partial charge in [0.05, 0.1) is 15.8 Å². The largest absolute Gasteiger partial charge is 0.418 e. The van der Waals surface area contributed by atoms with Gasteiger partial charge in [0, 0.05) is 0 Å². The number of nitrogens with zero attached hydrogens (tertiary/aromatic N) is 1. The summed E-state index contributed by atoms with van der Waals surface area (Å²) in [5.41, 5.74) is 5.17. The van der Waals surface area contributed by atoms with E-state index in [1.807, 2.05) is 0 Å². The van der Waals surface area contributed by atoms with Crippen LogP contribution in [-0.2, 0) is 6.18 Å². The van der Waals surface area contributed by atoms with Crippen molar-refractivity contribution in [3.05, 3.63) is 23.3 Å². The van der Waals surface area contributed by atoms with Crippen molar-refractivity contribution < 1.29 is 13.2 Å². The molecule has 0 saturated carbocycles. The summed E-state index contributed by atoms with van der Waals surface area (Å²) in [6, 6.07) is 2.74. The number of hydrogen-bond acceptors (Lipinski definition) is 3. The van der Waals surface area contributed by atoms with Crippen molar-refractivity contribution in [3.63, 3.8) is 0 Å². The molecule has 0 aliphatic rings. The maximum absolute atomic E-state index is 12.6. The third-order valence-corrected chi connectivity index (χ3v) is 2.79. The highest BCUT2D eigenvalue weighted by atomic mass is 32.1. The molecule has 0 unspecified atom stereocenters. The van der Waals surface area contributed by atoms with Gasteiger partial charge in [-0.1, -0.05) is 11.3 Å². The SMILES string of the molecule is Cc1cc(C(F)(F)F)c2nc(N)sc2c1. The smallest absolute Gasteiger partial charge is 0.375 e. The second-order valence-corrected chi connectivity index (χ2v) is 4.27. The van der Waals surface area contributed by atoms with Crippen LogP contribution in [0.4, 0.5) is 18.3 Å². The lowest BCUT2D eigenvalue weighted by molar-refractivity contribution is -0.136. The fourth-order valence-electron chi connectivity index (χ4n) is 1.40. The Bertz CT molecular complexity index is 516. The Labute approximate surface area is 87.5 Å². The average molecular weight is 232 g/mol. The van der Waals surface area contributed by atoms with Gasteiger partial charge in [-0.15, -0.1) is 0 Å². The van der Waals surface area contributed by atoms with Crippen molar-refractivity contribution in [1.29, 1.82) is 0 Å². The molecule has 2 aromatic rings. The summed E-state index contributed by atoms with van der Waals surface area (Å²) < 4.78 is 38.4. The van der Waals surface area contributed by atoms with Gasteiger partial charge in [-0.05, 0) is 24.6 Å². The summed E-state index contributed by atoms with van der Waals surface area (Å²) in [7, 11) is 0. The van der Waals surface area contributed by atoms with E-state index in [1.165, 1.54) is 0 Å². The zero-order chi connectivity index (χ0) is 11.2. The quantitative estimate of drug-likeness (QED) is 0.757. The van der Waals surface area contributed by atoms with E-state index < -0.39 is 11.7 Å². The van der Waals surface area contributed by atoms with E-state index in [0.717, 1.165) is 17.4 Å². The molecular formula is C9H7F3N2S. The highest BCUT2D eigenvalue weighted by Gasteiger charge is 2.34. The molecule has 80 valence electrons. The Morgan fingerprint density at radius 2 is 2.00 bits per heavy atom. The lowest BCUT2D eigenvalue weighted by Gasteiger charge is -2.07. The zero-order valence-corrected chi connectivity index (χ0v) is 8.54. The first-order valence-electron chi connectivity index (χ1n) is 4.12. The van der Waals surface area contributed by atoms with Gasteiger partial charge >= 0.3 is 6.18 Å². The maximum atomic E-state index is 12.6. The first-order valence-corrected chi connectivity index (χ1v) is 4.93. The molecule has 0 fully saturated rings. The van der Waals surface area contributed by atoms with Gasteiger partial charge in [0.25, 0.3) is 0 Å². The van der Waals surface area contributed by atoms with Gasteiger partial charge in [0.2, 0.25) is 0 Å². The van der Waals surface area contributed by atoms with Crippen molar-refractivity contribution in [1.82, 2.24) is 4.98 Å². The first kappa shape index (κ1) is 10.2. The predicted molar refractivity (Wildman–Crippen MR) is 53.8 cm³/mol. The topological polar surface area (TPSA) is 38.9 Å². The van der Waals surface area contributed by atoms with Crippen LogP contribution in [0.15, 0.2) is 12.1 Å². The van der Waals surface area contributed by atoms with Crippen LogP contribution in [0.2, 0.25) is 0 Å². The monoisotopic (exact) mass is 232 g/mol. The number of nitrogen functional groups attached to an aromatic ring is 1. The van der Waals surface area contributed by atoms with Crippen LogP contribution in [0.1, 0.15) is 11.1 Å². The minimum absolute atomic E-state index is 0.0596. The molecule has 0 spiro atoms. The van der Waals surface area contributed by atoms with Crippen LogP contribution in [0.25, 0.3) is 10.2 Å². The molecule has 0 aliphatic heterocycles. The second kappa shape index (κ2) is 3.10. The third kappa shape index (κ3) is 1.77. The van der Waals surface area contributed by atoms with Crippen LogP contribution >= 0.6 is 11.3 Å². The molecule has 1 aromatic carbocycles. The summed E-state index contributed by atoms with van der Waals surface area (Å²) in [6.07, 6.45) is -4.38. The van der Waals surface area contributed by atoms with Gasteiger partial charge in [-0.2, -0.15) is 13.2 Å². The Balaban J connectivity index is 2.82. The number of rotatable bonds is 0. The second-order valence-electron chi connectivity index (χ2n) is 3.21. The summed E-state index contributed by atoms with van der Waals surface area (Å²) in [6.45, 7) is 1.62. The van der Waals surface area contributed by atoms with E-state index in [9.17, 15) is 13.2 Å². The molecule has 2 rings (SSSR count). The summed E-state index contributed by atoms with van der Waals surface area (Å²) in [4.78, 5) is 3.70. The van der Waals surface area contributed by atoms with E-state index in [1.54, 1.807) is 13.0 Å². The number of anilines is 1. The summed E-state index contributed by atoms with van der Waals surface area (Å²) >= 11 is 1.06. The molecule has 0 radical (unpaired) electrons. The van der Waals surface area contributed by atoms with E-state index in [2.05, 4.69) is 4.98 Å². The van der Waals surface area contributed by atoms with E-state index in [0.29, 0.717) is 10.3 Å². The Kier molecular flexibility index (Phi) is 2.11. The first-order chi connectivity index (χ1) is 6.88. The van der Waals surface area contributed by atoms with Gasteiger partial charge in [-0.3, -0.25) is 0 Å². The predicted octanol–water partition coefficient (Wildman–Crippen LogP) is 3.21. The van der Waals surface area contributed by atoms with Crippen molar-refractivity contribution in [2.45, 2.75) is 13.1 Å². The lowest BCUT2D eigenvalue weighted by Crippen LogP contribution is -2.06. The molecule has 2 nitrogen and oxygen atoms in total. The van der Waals surface area contributed by atoms with E-state index in [-0.39, 0.29) is 10.6 Å². The number of nitrogens with two attached hydrogens (primary N) is 1. The highest BCUT2D eigenvalue weighted by molar-refractivity contribution is 7.22. The molecule has 0 aliphatic carbocycles. The molecule has 0 saturated heterocycles. The summed E-state index contributed by atoms with van der Waals surface area (Å²) in [5.74, 6) is 0. The van der Waals surface area contributed by atoms with Gasteiger partial charge in [0.15, 0.2) is 5.13 Å². The Hall–Kier alpha value is -1.30. The third-order valence-electron chi connectivity index (χ3n) is 1.96. The summed E-state index contributed by atoms with van der Waals surface area (Å²) in [5, 5.41) is 0.154. The number of hydrogen-bond donors (Lipinski definition) is 1. The number of benzene rings is 1. The number of alkyl halides is 3. The minimum Gasteiger partial charge on any atom is -0.375 e. The highest BCUT2D eigenvalue weighted by Crippen LogP contribution is 2.37. The molecule has 1 heterocycles. The number of aryl methyl sites for hydroxylation is 1. The maximum Gasteiger partial charge on any atom is 0.418 e. The minimum atomic E-state index is -4.38. The molecule has 0 atom stereocenters. The molecular weight excluding hydrogens is 225 g/mol. The fourth-order valence-corrected chi connectivity index (χ4v) is 2.26. The number of halogens is 3. The number of thiazole rings is 1. The van der Waals surface area contributed by atoms with Gasteiger partial charge < -0.3 is 5.73 Å².